The first-order valence-corrected chi connectivity index (χ1v) is 12.5. The summed E-state index contributed by atoms with van der Waals surface area (Å²) in [4.78, 5) is 27.3. The molecule has 0 radical (unpaired) electrons. The Labute approximate surface area is 204 Å². The number of benzene rings is 2. The van der Waals surface area contributed by atoms with Gasteiger partial charge in [0.2, 0.25) is 0 Å². The third-order valence-electron chi connectivity index (χ3n) is 6.20. The number of hydrogen-bond donors (Lipinski definition) is 1. The molecule has 0 aromatic heterocycles. The summed E-state index contributed by atoms with van der Waals surface area (Å²) >= 11 is 0. The number of nitrogens with zero attached hydrogens (tertiary/aromatic N) is 1. The van der Waals surface area contributed by atoms with Crippen molar-refractivity contribution in [3.8, 4) is 0 Å². The number of likely N-dealkylation sites (tertiary alicyclic amines) is 1. The number of ether oxygens (including phenoxy) is 1. The molecule has 1 heterocycles. The molecule has 0 bridgehead atoms. The monoisotopic (exact) mass is 464 g/mol. The van der Waals surface area contributed by atoms with Crippen molar-refractivity contribution in [1.82, 2.24) is 10.2 Å². The van der Waals surface area contributed by atoms with Crippen LogP contribution in [0.1, 0.15) is 81.4 Å². The van der Waals surface area contributed by atoms with Crippen LogP contribution in [-0.2, 0) is 11.2 Å². The molecule has 2 aromatic carbocycles. The van der Waals surface area contributed by atoms with Crippen molar-refractivity contribution in [1.29, 1.82) is 0 Å². The maximum Gasteiger partial charge on any atom is 0.410 e. The SMILES string of the molecule is CC(C)Cc1ccc(C(=O)NC(CC2CCN(C(=O)OC(C)(C)C)CC2)c2ccccc2)cc1. The molecule has 1 fully saturated rings. The van der Waals surface area contributed by atoms with Crippen LogP contribution in [-0.4, -0.2) is 35.6 Å². The van der Waals surface area contributed by atoms with Crippen LogP contribution >= 0.6 is 0 Å². The Kier molecular flexibility index (Phi) is 8.76. The van der Waals surface area contributed by atoms with Crippen LogP contribution in [0.4, 0.5) is 4.79 Å². The Morgan fingerprint density at radius 1 is 1.00 bits per heavy atom. The second kappa shape index (κ2) is 11.5. The molecule has 1 aliphatic rings. The summed E-state index contributed by atoms with van der Waals surface area (Å²) < 4.78 is 5.52. The van der Waals surface area contributed by atoms with Crippen LogP contribution in [0.15, 0.2) is 54.6 Å². The Morgan fingerprint density at radius 3 is 2.18 bits per heavy atom. The molecule has 5 nitrogen and oxygen atoms in total. The minimum atomic E-state index is -0.483. The van der Waals surface area contributed by atoms with Gasteiger partial charge in [-0.15, -0.1) is 0 Å². The number of hydrogen-bond acceptors (Lipinski definition) is 3. The number of carbonyl (C=O) groups excluding carboxylic acids is 2. The van der Waals surface area contributed by atoms with Gasteiger partial charge in [-0.1, -0.05) is 56.3 Å². The molecule has 2 amide bonds. The lowest BCUT2D eigenvalue weighted by Gasteiger charge is -2.35. The molecule has 1 atom stereocenters. The van der Waals surface area contributed by atoms with Gasteiger partial charge in [0, 0.05) is 18.7 Å². The largest absolute Gasteiger partial charge is 0.444 e. The lowest BCUT2D eigenvalue weighted by atomic mass is 9.87. The van der Waals surface area contributed by atoms with Crippen molar-refractivity contribution in [3.63, 3.8) is 0 Å². The van der Waals surface area contributed by atoms with Gasteiger partial charge < -0.3 is 15.0 Å². The van der Waals surface area contributed by atoms with Gasteiger partial charge in [0.05, 0.1) is 6.04 Å². The highest BCUT2D eigenvalue weighted by atomic mass is 16.6. The normalized spacial score (nSPS) is 15.8. The van der Waals surface area contributed by atoms with Gasteiger partial charge in [-0.05, 0) is 81.5 Å². The van der Waals surface area contributed by atoms with Crippen LogP contribution in [0.3, 0.4) is 0 Å². The quantitative estimate of drug-likeness (QED) is 0.516. The molecule has 1 aliphatic heterocycles. The average Bonchev–Trinajstić information content (AvgIpc) is 2.78. The topological polar surface area (TPSA) is 58.6 Å². The van der Waals surface area contributed by atoms with Gasteiger partial charge >= 0.3 is 6.09 Å². The Hall–Kier alpha value is -2.82. The average molecular weight is 465 g/mol. The van der Waals surface area contributed by atoms with E-state index in [9.17, 15) is 9.59 Å². The zero-order chi connectivity index (χ0) is 24.7. The summed E-state index contributed by atoms with van der Waals surface area (Å²) in [5.41, 5.74) is 2.57. The van der Waals surface area contributed by atoms with E-state index in [1.165, 1.54) is 5.56 Å². The molecule has 2 aromatic rings. The molecule has 184 valence electrons. The molecule has 0 saturated carbocycles. The molecule has 0 spiro atoms. The summed E-state index contributed by atoms with van der Waals surface area (Å²) in [6.45, 7) is 11.4. The van der Waals surface area contributed by atoms with Gasteiger partial charge in [-0.3, -0.25) is 4.79 Å². The van der Waals surface area contributed by atoms with Crippen molar-refractivity contribution < 1.29 is 14.3 Å². The second-order valence-corrected chi connectivity index (χ2v) is 10.9. The lowest BCUT2D eigenvalue weighted by molar-refractivity contribution is 0.0178. The zero-order valence-electron chi connectivity index (χ0n) is 21.3. The fourth-order valence-electron chi connectivity index (χ4n) is 4.48. The standard InChI is InChI=1S/C29H40N2O3/c1-21(2)19-22-11-13-25(14-12-22)27(32)30-26(24-9-7-6-8-10-24)20-23-15-17-31(18-16-23)28(33)34-29(3,4)5/h6-14,21,23,26H,15-20H2,1-5H3,(H,30,32). The summed E-state index contributed by atoms with van der Waals surface area (Å²) in [6.07, 6.45) is 3.43. The molecule has 1 N–H and O–H groups in total. The summed E-state index contributed by atoms with van der Waals surface area (Å²) in [7, 11) is 0. The number of nitrogens with one attached hydrogen (secondary N) is 1. The lowest BCUT2D eigenvalue weighted by Crippen LogP contribution is -2.42. The van der Waals surface area contributed by atoms with E-state index in [0.717, 1.165) is 31.2 Å². The van der Waals surface area contributed by atoms with Gasteiger partial charge in [0.1, 0.15) is 5.60 Å². The van der Waals surface area contributed by atoms with Crippen LogP contribution < -0.4 is 5.32 Å². The number of amides is 2. The number of rotatable bonds is 7. The van der Waals surface area contributed by atoms with Crippen molar-refractivity contribution in [3.05, 3.63) is 71.3 Å². The highest BCUT2D eigenvalue weighted by Gasteiger charge is 2.29. The third-order valence-corrected chi connectivity index (χ3v) is 6.20. The Morgan fingerprint density at radius 2 is 1.62 bits per heavy atom. The molecular weight excluding hydrogens is 424 g/mol. The van der Waals surface area contributed by atoms with Crippen LogP contribution in [0.5, 0.6) is 0 Å². The van der Waals surface area contributed by atoms with E-state index in [0.29, 0.717) is 30.5 Å². The minimum absolute atomic E-state index is 0.0452. The van der Waals surface area contributed by atoms with E-state index < -0.39 is 5.60 Å². The van der Waals surface area contributed by atoms with Crippen molar-refractivity contribution in [2.45, 2.75) is 71.9 Å². The van der Waals surface area contributed by atoms with Gasteiger partial charge in [-0.25, -0.2) is 4.79 Å². The first-order valence-electron chi connectivity index (χ1n) is 12.5. The van der Waals surface area contributed by atoms with E-state index in [-0.39, 0.29) is 18.0 Å². The summed E-state index contributed by atoms with van der Waals surface area (Å²) in [6, 6.07) is 18.1. The van der Waals surface area contributed by atoms with E-state index in [4.69, 9.17) is 4.74 Å². The van der Waals surface area contributed by atoms with Crippen molar-refractivity contribution >= 4 is 12.0 Å². The van der Waals surface area contributed by atoms with Crippen LogP contribution in [0.25, 0.3) is 0 Å². The Balaban J connectivity index is 1.63. The van der Waals surface area contributed by atoms with Crippen LogP contribution in [0.2, 0.25) is 0 Å². The molecule has 5 heteroatoms. The van der Waals surface area contributed by atoms with Gasteiger partial charge in [0.15, 0.2) is 0 Å². The molecular formula is C29H40N2O3. The maximum absolute atomic E-state index is 13.1. The summed E-state index contributed by atoms with van der Waals surface area (Å²) in [5, 5.41) is 3.28. The van der Waals surface area contributed by atoms with E-state index >= 15 is 0 Å². The fraction of sp³-hybridized carbons (Fsp3) is 0.517. The summed E-state index contributed by atoms with van der Waals surface area (Å²) in [5.74, 6) is 0.970. The maximum atomic E-state index is 13.1. The number of carbonyl (C=O) groups is 2. The predicted molar refractivity (Wildman–Crippen MR) is 137 cm³/mol. The molecule has 3 rings (SSSR count). The molecule has 0 aliphatic carbocycles. The van der Waals surface area contributed by atoms with Crippen molar-refractivity contribution in [2.75, 3.05) is 13.1 Å². The van der Waals surface area contributed by atoms with Crippen molar-refractivity contribution in [2.24, 2.45) is 11.8 Å². The zero-order valence-corrected chi connectivity index (χ0v) is 21.3. The van der Waals surface area contributed by atoms with E-state index in [2.05, 4.69) is 43.4 Å². The predicted octanol–water partition coefficient (Wildman–Crippen LogP) is 6.39. The van der Waals surface area contributed by atoms with E-state index in [1.807, 2.05) is 51.1 Å². The number of piperidine rings is 1. The smallest absolute Gasteiger partial charge is 0.410 e. The highest BCUT2D eigenvalue weighted by molar-refractivity contribution is 5.94. The second-order valence-electron chi connectivity index (χ2n) is 10.9. The minimum Gasteiger partial charge on any atom is -0.444 e. The molecule has 1 saturated heterocycles. The Bertz CT molecular complexity index is 924. The molecule has 1 unspecified atom stereocenters. The van der Waals surface area contributed by atoms with Gasteiger partial charge in [0.25, 0.3) is 5.91 Å². The van der Waals surface area contributed by atoms with Gasteiger partial charge in [-0.2, -0.15) is 0 Å². The molecule has 34 heavy (non-hydrogen) atoms. The highest BCUT2D eigenvalue weighted by Crippen LogP contribution is 2.29. The van der Waals surface area contributed by atoms with E-state index in [1.54, 1.807) is 4.90 Å². The fourth-order valence-corrected chi connectivity index (χ4v) is 4.48. The van der Waals surface area contributed by atoms with Crippen LogP contribution in [0, 0.1) is 11.8 Å². The first kappa shape index (κ1) is 25.8. The first-order chi connectivity index (χ1) is 16.1. The third kappa shape index (κ3) is 7.89.